The molecule has 2 rings (SSSR count). The molecule has 0 aliphatic carbocycles. The number of hydrogen-bond acceptors (Lipinski definition) is 5. The van der Waals surface area contributed by atoms with Crippen molar-refractivity contribution >= 4 is 17.3 Å². The second-order valence-corrected chi connectivity index (χ2v) is 4.69. The lowest BCUT2D eigenvalue weighted by molar-refractivity contribution is -0.384. The molecule has 4 N–H and O–H groups in total. The summed E-state index contributed by atoms with van der Waals surface area (Å²) < 4.78 is 0. The summed E-state index contributed by atoms with van der Waals surface area (Å²) in [6, 6.07) is 6.39. The molecule has 0 aliphatic rings. The predicted octanol–water partition coefficient (Wildman–Crippen LogP) is 1.46. The van der Waals surface area contributed by atoms with Gasteiger partial charge in [0.25, 0.3) is 11.6 Å². The predicted molar refractivity (Wildman–Crippen MR) is 77.0 cm³/mol. The van der Waals surface area contributed by atoms with Crippen LogP contribution in [0.25, 0.3) is 0 Å². The van der Waals surface area contributed by atoms with Crippen LogP contribution in [0.1, 0.15) is 23.0 Å². The number of H-pyrrole nitrogens is 1. The van der Waals surface area contributed by atoms with Crippen molar-refractivity contribution in [2.24, 2.45) is 5.73 Å². The molecule has 8 heteroatoms. The Labute approximate surface area is 120 Å². The molecule has 1 aromatic carbocycles. The minimum Gasteiger partial charge on any atom is -0.379 e. The lowest BCUT2D eigenvalue weighted by Crippen LogP contribution is -2.21. The van der Waals surface area contributed by atoms with Crippen molar-refractivity contribution in [2.45, 2.75) is 19.4 Å². The Morgan fingerprint density at radius 2 is 2.33 bits per heavy atom. The summed E-state index contributed by atoms with van der Waals surface area (Å²) in [5, 5.41) is 20.2. The maximum atomic E-state index is 11.2. The van der Waals surface area contributed by atoms with Gasteiger partial charge in [0.2, 0.25) is 0 Å². The molecule has 1 atom stereocenters. The van der Waals surface area contributed by atoms with Crippen molar-refractivity contribution in [3.8, 4) is 0 Å². The monoisotopic (exact) mass is 289 g/mol. The summed E-state index contributed by atoms with van der Waals surface area (Å²) in [7, 11) is 0. The number of anilines is 1. The first-order valence-electron chi connectivity index (χ1n) is 6.31. The lowest BCUT2D eigenvalue weighted by Gasteiger charge is -2.14. The number of nitro benzene ring substituents is 1. The molecular formula is C13H15N5O3. The summed E-state index contributed by atoms with van der Waals surface area (Å²) in [5.74, 6) is -0.624. The maximum absolute atomic E-state index is 11.2. The first-order valence-corrected chi connectivity index (χ1v) is 6.31. The number of nitrogens with zero attached hydrogens (tertiary/aromatic N) is 2. The van der Waals surface area contributed by atoms with Gasteiger partial charge in [0.1, 0.15) is 0 Å². The molecule has 0 saturated heterocycles. The number of amides is 1. The van der Waals surface area contributed by atoms with Gasteiger partial charge < -0.3 is 11.1 Å². The van der Waals surface area contributed by atoms with Crippen LogP contribution in [-0.2, 0) is 6.42 Å². The molecule has 0 fully saturated rings. The zero-order valence-electron chi connectivity index (χ0n) is 11.4. The van der Waals surface area contributed by atoms with Crippen LogP contribution in [0.3, 0.4) is 0 Å². The van der Waals surface area contributed by atoms with E-state index in [2.05, 4.69) is 15.5 Å². The van der Waals surface area contributed by atoms with E-state index in [-0.39, 0.29) is 17.4 Å². The third kappa shape index (κ3) is 3.56. The van der Waals surface area contributed by atoms with Crippen LogP contribution in [0.2, 0.25) is 0 Å². The topological polar surface area (TPSA) is 127 Å². The lowest BCUT2D eigenvalue weighted by atomic mass is 10.1. The van der Waals surface area contributed by atoms with Crippen LogP contribution in [0.5, 0.6) is 0 Å². The molecule has 21 heavy (non-hydrogen) atoms. The summed E-state index contributed by atoms with van der Waals surface area (Å²) in [4.78, 5) is 21.5. The van der Waals surface area contributed by atoms with Crippen LogP contribution in [-0.4, -0.2) is 27.1 Å². The fraction of sp³-hybridized carbons (Fsp3) is 0.231. The summed E-state index contributed by atoms with van der Waals surface area (Å²) >= 11 is 0. The quantitative estimate of drug-likeness (QED) is 0.548. The number of nitrogens with one attached hydrogen (secondary N) is 2. The second-order valence-electron chi connectivity index (χ2n) is 4.69. The molecule has 1 unspecified atom stereocenters. The number of carbonyl (C=O) groups is 1. The van der Waals surface area contributed by atoms with Gasteiger partial charge in [-0.1, -0.05) is 12.1 Å². The van der Waals surface area contributed by atoms with Crippen LogP contribution in [0, 0.1) is 10.1 Å². The van der Waals surface area contributed by atoms with E-state index < -0.39 is 10.8 Å². The summed E-state index contributed by atoms with van der Waals surface area (Å²) in [5.41, 5.74) is 6.74. The molecule has 1 heterocycles. The van der Waals surface area contributed by atoms with E-state index in [4.69, 9.17) is 5.73 Å². The number of nitro groups is 1. The normalized spacial score (nSPS) is 11.9. The van der Waals surface area contributed by atoms with Gasteiger partial charge in [-0.25, -0.2) is 0 Å². The number of aromatic nitrogens is 2. The maximum Gasteiger partial charge on any atom is 0.271 e. The summed E-state index contributed by atoms with van der Waals surface area (Å²) in [6.45, 7) is 1.90. The first kappa shape index (κ1) is 14.5. The highest BCUT2D eigenvalue weighted by Gasteiger charge is 2.14. The molecule has 1 aromatic heterocycles. The highest BCUT2D eigenvalue weighted by molar-refractivity contribution is 5.96. The fourth-order valence-corrected chi connectivity index (χ4v) is 2.05. The third-order valence-electron chi connectivity index (χ3n) is 2.94. The minimum absolute atomic E-state index is 0.0531. The zero-order chi connectivity index (χ0) is 15.4. The minimum atomic E-state index is -0.624. The van der Waals surface area contributed by atoms with E-state index in [1.165, 1.54) is 12.1 Å². The number of hydrogen-bond donors (Lipinski definition) is 3. The number of rotatable bonds is 6. The average Bonchev–Trinajstić information content (AvgIpc) is 2.87. The Kier molecular flexibility index (Phi) is 4.17. The van der Waals surface area contributed by atoms with Gasteiger partial charge >= 0.3 is 0 Å². The number of carbonyl (C=O) groups excluding carboxylic acids is 1. The van der Waals surface area contributed by atoms with Crippen molar-refractivity contribution < 1.29 is 9.72 Å². The van der Waals surface area contributed by atoms with Crippen molar-refractivity contribution in [3.63, 3.8) is 0 Å². The smallest absolute Gasteiger partial charge is 0.271 e. The fourth-order valence-electron chi connectivity index (χ4n) is 2.05. The molecule has 1 amide bonds. The molecule has 2 aromatic rings. The second kappa shape index (κ2) is 6.04. The van der Waals surface area contributed by atoms with Gasteiger partial charge in [-0.05, 0) is 18.9 Å². The van der Waals surface area contributed by atoms with Crippen LogP contribution in [0.15, 0.2) is 30.5 Å². The molecule has 0 aliphatic heterocycles. The Morgan fingerprint density at radius 3 is 3.00 bits per heavy atom. The Morgan fingerprint density at radius 1 is 1.57 bits per heavy atom. The van der Waals surface area contributed by atoms with E-state index in [9.17, 15) is 14.9 Å². The van der Waals surface area contributed by atoms with E-state index in [1.807, 2.05) is 13.0 Å². The molecule has 110 valence electrons. The van der Waals surface area contributed by atoms with Gasteiger partial charge in [0.05, 0.1) is 10.6 Å². The van der Waals surface area contributed by atoms with Crippen molar-refractivity contribution in [2.75, 3.05) is 5.32 Å². The highest BCUT2D eigenvalue weighted by atomic mass is 16.6. The molecule has 8 nitrogen and oxygen atoms in total. The van der Waals surface area contributed by atoms with Gasteiger partial charge in [-0.3, -0.25) is 20.0 Å². The largest absolute Gasteiger partial charge is 0.379 e. The van der Waals surface area contributed by atoms with Crippen LogP contribution in [0.4, 0.5) is 11.4 Å². The van der Waals surface area contributed by atoms with Crippen LogP contribution < -0.4 is 11.1 Å². The van der Waals surface area contributed by atoms with E-state index in [0.29, 0.717) is 12.1 Å². The molecular weight excluding hydrogens is 274 g/mol. The number of benzene rings is 1. The van der Waals surface area contributed by atoms with E-state index >= 15 is 0 Å². The first-order chi connectivity index (χ1) is 9.97. The van der Waals surface area contributed by atoms with Gasteiger partial charge in [0.15, 0.2) is 5.69 Å². The Bertz CT molecular complexity index is 667. The summed E-state index contributed by atoms with van der Waals surface area (Å²) in [6.07, 6.45) is 2.11. The van der Waals surface area contributed by atoms with Gasteiger partial charge in [-0.2, -0.15) is 5.10 Å². The average molecular weight is 289 g/mol. The number of aromatic amines is 1. The van der Waals surface area contributed by atoms with Crippen molar-refractivity contribution in [3.05, 3.63) is 51.8 Å². The molecule has 0 bridgehead atoms. The Balaban J connectivity index is 2.06. The van der Waals surface area contributed by atoms with Crippen molar-refractivity contribution in [1.29, 1.82) is 0 Å². The third-order valence-corrected chi connectivity index (χ3v) is 2.94. The number of nitrogens with two attached hydrogens (primary N) is 1. The molecule has 0 saturated carbocycles. The molecule has 0 spiro atoms. The van der Waals surface area contributed by atoms with E-state index in [0.717, 1.165) is 5.56 Å². The van der Waals surface area contributed by atoms with Crippen LogP contribution >= 0.6 is 0 Å². The number of non-ortho nitro benzene ring substituents is 1. The SMILES string of the molecule is CC(Cc1cccc([N+](=O)[O-])c1)Nc1c[nH]nc1C(N)=O. The van der Waals surface area contributed by atoms with Crippen molar-refractivity contribution in [1.82, 2.24) is 10.2 Å². The standard InChI is InChI=1S/C13H15N5O3/c1-8(16-11-7-15-17-12(11)13(14)19)5-9-3-2-4-10(6-9)18(20)21/h2-4,6-8,16H,5H2,1H3,(H2,14,19)(H,15,17). The highest BCUT2D eigenvalue weighted by Crippen LogP contribution is 2.17. The zero-order valence-corrected chi connectivity index (χ0v) is 11.4. The molecule has 0 radical (unpaired) electrons. The van der Waals surface area contributed by atoms with E-state index in [1.54, 1.807) is 12.3 Å². The number of primary amides is 1. The Hall–Kier alpha value is -2.90. The van der Waals surface area contributed by atoms with Gasteiger partial charge in [0, 0.05) is 24.4 Å². The van der Waals surface area contributed by atoms with Gasteiger partial charge in [-0.15, -0.1) is 0 Å².